The standard InChI is InChI=1S/C15H29NO6/c1-14(2)7-12(22-10-11(18)5-6-17)8-15(3,4)16(14,21)9-13(19)20/h11-12,17-18,21H,5-10H2,1-4H3/p+1. The van der Waals surface area contributed by atoms with Crippen LogP contribution < -0.4 is 0 Å². The number of nitrogens with zero attached hydrogens (tertiary/aromatic N) is 1. The fourth-order valence-electron chi connectivity index (χ4n) is 3.53. The van der Waals surface area contributed by atoms with Crippen LogP contribution in [0.5, 0.6) is 0 Å². The Kier molecular flexibility index (Phi) is 5.97. The van der Waals surface area contributed by atoms with Crippen molar-refractivity contribution in [2.24, 2.45) is 0 Å². The normalized spacial score (nSPS) is 31.7. The third-order valence-corrected chi connectivity index (χ3v) is 4.81. The molecule has 1 unspecified atom stereocenters. The molecule has 1 fully saturated rings. The molecule has 1 aliphatic heterocycles. The maximum Gasteiger partial charge on any atom is 0.362 e. The average Bonchev–Trinajstić information content (AvgIpc) is 2.33. The number of hydrogen-bond acceptors (Lipinski definition) is 5. The van der Waals surface area contributed by atoms with Crippen LogP contribution in [-0.4, -0.2) is 74.2 Å². The summed E-state index contributed by atoms with van der Waals surface area (Å²) in [6, 6.07) is 0. The van der Waals surface area contributed by atoms with E-state index in [4.69, 9.17) is 14.9 Å². The number of likely N-dealkylation sites (tertiary alicyclic amines) is 1. The highest BCUT2D eigenvalue weighted by Gasteiger charge is 2.60. The SMILES string of the molecule is CC1(C)CC(OCC(O)CCO)CC(C)(C)[N+]1(O)CC(=O)O. The van der Waals surface area contributed by atoms with Crippen molar-refractivity contribution >= 4 is 5.97 Å². The van der Waals surface area contributed by atoms with Gasteiger partial charge in [-0.1, -0.05) is 0 Å². The smallest absolute Gasteiger partial charge is 0.362 e. The van der Waals surface area contributed by atoms with Gasteiger partial charge >= 0.3 is 5.97 Å². The van der Waals surface area contributed by atoms with Gasteiger partial charge in [0.25, 0.3) is 0 Å². The second-order valence-corrected chi connectivity index (χ2v) is 7.48. The van der Waals surface area contributed by atoms with E-state index in [1.54, 1.807) is 0 Å². The van der Waals surface area contributed by atoms with Gasteiger partial charge < -0.3 is 20.1 Å². The Labute approximate surface area is 131 Å². The van der Waals surface area contributed by atoms with E-state index >= 15 is 0 Å². The number of ether oxygens (including phenoxy) is 1. The van der Waals surface area contributed by atoms with Crippen LogP contribution in [0.1, 0.15) is 47.0 Å². The summed E-state index contributed by atoms with van der Waals surface area (Å²) >= 11 is 0. The summed E-state index contributed by atoms with van der Waals surface area (Å²) < 4.78 is 5.19. The maximum atomic E-state index is 11.2. The van der Waals surface area contributed by atoms with Crippen molar-refractivity contribution in [3.8, 4) is 0 Å². The lowest BCUT2D eigenvalue weighted by Gasteiger charge is -2.56. The summed E-state index contributed by atoms with van der Waals surface area (Å²) in [7, 11) is 0. The molecule has 1 rings (SSSR count). The van der Waals surface area contributed by atoms with Gasteiger partial charge in [-0.15, -0.1) is 0 Å². The van der Waals surface area contributed by atoms with Crippen LogP contribution in [0.4, 0.5) is 0 Å². The van der Waals surface area contributed by atoms with Gasteiger partial charge in [-0.3, -0.25) is 0 Å². The number of aliphatic hydroxyl groups excluding tert-OH is 2. The molecule has 0 aromatic rings. The van der Waals surface area contributed by atoms with Gasteiger partial charge in [0.1, 0.15) is 11.1 Å². The first kappa shape index (κ1) is 19.3. The van der Waals surface area contributed by atoms with E-state index in [0.29, 0.717) is 12.8 Å². The second kappa shape index (κ2) is 6.80. The molecule has 4 N–H and O–H groups in total. The third-order valence-electron chi connectivity index (χ3n) is 4.81. The van der Waals surface area contributed by atoms with Gasteiger partial charge in [-0.2, -0.15) is 4.65 Å². The predicted octanol–water partition coefficient (Wildman–Crippen LogP) is 0.757. The van der Waals surface area contributed by atoms with Gasteiger partial charge in [0.05, 0.1) is 18.8 Å². The summed E-state index contributed by atoms with van der Waals surface area (Å²) in [5.74, 6) is -1.04. The minimum absolute atomic E-state index is 0.0958. The lowest BCUT2D eigenvalue weighted by Crippen LogP contribution is -2.75. The van der Waals surface area contributed by atoms with E-state index in [9.17, 15) is 15.1 Å². The van der Waals surface area contributed by atoms with E-state index in [1.807, 2.05) is 27.7 Å². The molecule has 0 bridgehead atoms. The van der Waals surface area contributed by atoms with Crippen LogP contribution in [0, 0.1) is 0 Å². The molecule has 1 saturated heterocycles. The average molecular weight is 320 g/mol. The molecule has 7 heteroatoms. The monoisotopic (exact) mass is 320 g/mol. The Bertz CT molecular complexity index is 377. The molecule has 0 aliphatic carbocycles. The number of carboxylic acids is 1. The minimum Gasteiger partial charge on any atom is -0.477 e. The van der Waals surface area contributed by atoms with Crippen molar-refractivity contribution in [3.05, 3.63) is 0 Å². The molecular weight excluding hydrogens is 290 g/mol. The van der Waals surface area contributed by atoms with E-state index < -0.39 is 27.8 Å². The maximum absolute atomic E-state index is 11.2. The summed E-state index contributed by atoms with van der Waals surface area (Å²) in [6.45, 7) is 6.99. The van der Waals surface area contributed by atoms with Crippen molar-refractivity contribution in [2.45, 2.75) is 70.2 Å². The number of quaternary nitrogens is 1. The van der Waals surface area contributed by atoms with Crippen LogP contribution in [0.2, 0.25) is 0 Å². The number of hydroxylamine groups is 3. The van der Waals surface area contributed by atoms with Gasteiger partial charge in [-0.25, -0.2) is 10.0 Å². The topological polar surface area (TPSA) is 107 Å². The molecule has 0 aromatic carbocycles. The first-order valence-corrected chi connectivity index (χ1v) is 7.68. The Morgan fingerprint density at radius 1 is 1.27 bits per heavy atom. The van der Waals surface area contributed by atoms with Crippen molar-refractivity contribution < 1.29 is 34.7 Å². The number of rotatable bonds is 7. The van der Waals surface area contributed by atoms with E-state index in [1.165, 1.54) is 0 Å². The lowest BCUT2D eigenvalue weighted by atomic mass is 9.77. The van der Waals surface area contributed by atoms with E-state index in [0.717, 1.165) is 0 Å². The Balaban J connectivity index is 2.83. The molecular formula is C15H30NO6+. The van der Waals surface area contributed by atoms with Crippen molar-refractivity contribution in [1.29, 1.82) is 0 Å². The molecule has 1 atom stereocenters. The number of hydrogen-bond donors (Lipinski definition) is 4. The summed E-state index contributed by atoms with van der Waals surface area (Å²) in [4.78, 5) is 11.2. The largest absolute Gasteiger partial charge is 0.477 e. The van der Waals surface area contributed by atoms with Crippen molar-refractivity contribution in [1.82, 2.24) is 0 Å². The highest BCUT2D eigenvalue weighted by atomic mass is 16.6. The van der Waals surface area contributed by atoms with Crippen LogP contribution in [0.15, 0.2) is 0 Å². The number of carboxylic acid groups (broad SMARTS) is 1. The van der Waals surface area contributed by atoms with Gasteiger partial charge in [0.2, 0.25) is 6.54 Å². The molecule has 1 aliphatic rings. The summed E-state index contributed by atoms with van der Waals surface area (Å²) in [5.41, 5.74) is -1.38. The zero-order valence-corrected chi connectivity index (χ0v) is 13.9. The minimum atomic E-state index is -1.04. The Morgan fingerprint density at radius 2 is 1.77 bits per heavy atom. The van der Waals surface area contributed by atoms with E-state index in [2.05, 4.69) is 0 Å². The number of piperidine rings is 1. The molecule has 0 spiro atoms. The highest BCUT2D eigenvalue weighted by molar-refractivity contribution is 5.68. The number of aliphatic carboxylic acids is 1. The van der Waals surface area contributed by atoms with Crippen LogP contribution in [0.3, 0.4) is 0 Å². The zero-order valence-electron chi connectivity index (χ0n) is 13.9. The van der Waals surface area contributed by atoms with Crippen molar-refractivity contribution in [3.63, 3.8) is 0 Å². The fourth-order valence-corrected chi connectivity index (χ4v) is 3.53. The summed E-state index contributed by atoms with van der Waals surface area (Å²) in [6.07, 6.45) is 0.354. The molecule has 0 saturated carbocycles. The molecule has 7 nitrogen and oxygen atoms in total. The van der Waals surface area contributed by atoms with Gasteiger partial charge in [0.15, 0.2) is 0 Å². The molecule has 130 valence electrons. The number of aliphatic hydroxyl groups is 2. The predicted molar refractivity (Wildman–Crippen MR) is 79.4 cm³/mol. The molecule has 1 heterocycles. The third kappa shape index (κ3) is 3.97. The molecule has 0 radical (unpaired) electrons. The molecule has 0 aromatic heterocycles. The Hall–Kier alpha value is -0.730. The van der Waals surface area contributed by atoms with Crippen molar-refractivity contribution in [2.75, 3.05) is 19.8 Å². The zero-order chi connectivity index (χ0) is 17.2. The fraction of sp³-hybridized carbons (Fsp3) is 0.933. The van der Waals surface area contributed by atoms with Crippen LogP contribution in [-0.2, 0) is 9.53 Å². The highest BCUT2D eigenvalue weighted by Crippen LogP contribution is 2.44. The Morgan fingerprint density at radius 3 is 2.18 bits per heavy atom. The van der Waals surface area contributed by atoms with Crippen LogP contribution in [0.25, 0.3) is 0 Å². The van der Waals surface area contributed by atoms with Gasteiger partial charge in [0, 0.05) is 19.4 Å². The first-order valence-electron chi connectivity index (χ1n) is 7.68. The number of carbonyl (C=O) groups is 1. The van der Waals surface area contributed by atoms with Gasteiger partial charge in [-0.05, 0) is 34.1 Å². The quantitative estimate of drug-likeness (QED) is 0.516. The van der Waals surface area contributed by atoms with E-state index in [-0.39, 0.29) is 32.3 Å². The molecule has 22 heavy (non-hydrogen) atoms. The lowest BCUT2D eigenvalue weighted by molar-refractivity contribution is -1.17. The van der Waals surface area contributed by atoms with Crippen LogP contribution >= 0.6 is 0 Å². The summed E-state index contributed by atoms with van der Waals surface area (Å²) in [5, 5.41) is 38.6. The second-order valence-electron chi connectivity index (χ2n) is 7.48. The first-order chi connectivity index (χ1) is 9.95. The molecule has 0 amide bonds.